The fourth-order valence-electron chi connectivity index (χ4n) is 8.69. The van der Waals surface area contributed by atoms with Gasteiger partial charge in [-0.05, 0) is 94.3 Å². The molecule has 242 valence electrons. The van der Waals surface area contributed by atoms with E-state index in [-0.39, 0.29) is 5.41 Å². The van der Waals surface area contributed by atoms with Crippen molar-refractivity contribution in [3.63, 3.8) is 0 Å². The number of allylic oxidation sites excluding steroid dienone is 4. The molecular weight excluding hydrogens is 619 g/mol. The maximum absolute atomic E-state index is 6.40. The fourth-order valence-corrected chi connectivity index (χ4v) is 8.69. The molecule has 1 heterocycles. The number of anilines is 2. The highest BCUT2D eigenvalue weighted by Gasteiger charge is 2.39. The quantitative estimate of drug-likeness (QED) is 0.172. The summed E-state index contributed by atoms with van der Waals surface area (Å²) in [7, 11) is 0. The molecule has 2 nitrogen and oxygen atoms in total. The molecule has 0 spiro atoms. The van der Waals surface area contributed by atoms with Crippen LogP contribution in [0, 0.1) is 0 Å². The summed E-state index contributed by atoms with van der Waals surface area (Å²) >= 11 is 0. The van der Waals surface area contributed by atoms with Crippen molar-refractivity contribution in [2.75, 3.05) is 4.90 Å². The normalized spacial score (nSPS) is 15.2. The Morgan fingerprint density at radius 2 is 1.41 bits per heavy atom. The monoisotopic (exact) mass is 653 g/mol. The summed E-state index contributed by atoms with van der Waals surface area (Å²) in [6.07, 6.45) is 8.72. The topological polar surface area (TPSA) is 16.4 Å². The third-order valence-corrected chi connectivity index (χ3v) is 10.9. The van der Waals surface area contributed by atoms with Crippen molar-refractivity contribution in [3.8, 4) is 11.1 Å². The Morgan fingerprint density at radius 3 is 2.31 bits per heavy atom. The first-order chi connectivity index (χ1) is 25.1. The van der Waals surface area contributed by atoms with Crippen LogP contribution in [-0.4, -0.2) is 0 Å². The SMILES string of the molecule is CC1(C)c2ccccc2-c2cccc(N(C3=CC(c4ccccc4)=CCC3)c3ccccc3C3=C=C=Cc4ccc5oc6ccccc6c5c43)c21. The van der Waals surface area contributed by atoms with Gasteiger partial charge in [-0.2, -0.15) is 0 Å². The van der Waals surface area contributed by atoms with E-state index >= 15 is 0 Å². The van der Waals surface area contributed by atoms with Crippen molar-refractivity contribution in [2.24, 2.45) is 0 Å². The van der Waals surface area contributed by atoms with Crippen molar-refractivity contribution in [1.29, 1.82) is 0 Å². The van der Waals surface area contributed by atoms with Crippen LogP contribution in [0.15, 0.2) is 167 Å². The van der Waals surface area contributed by atoms with E-state index in [1.54, 1.807) is 0 Å². The van der Waals surface area contributed by atoms with Crippen LogP contribution in [0.1, 0.15) is 60.1 Å². The Labute approximate surface area is 298 Å². The van der Waals surface area contributed by atoms with E-state index in [9.17, 15) is 0 Å². The number of benzene rings is 6. The molecule has 0 unspecified atom stereocenters. The van der Waals surface area contributed by atoms with Crippen LogP contribution in [0.2, 0.25) is 0 Å². The molecule has 0 radical (unpaired) electrons. The highest BCUT2D eigenvalue weighted by molar-refractivity contribution is 6.14. The summed E-state index contributed by atoms with van der Waals surface area (Å²) in [6, 6.07) is 48.0. The fraction of sp³-hybridized carbons (Fsp3) is 0.102. The first kappa shape index (κ1) is 29.6. The van der Waals surface area contributed by atoms with Gasteiger partial charge in [0.05, 0.1) is 11.4 Å². The maximum Gasteiger partial charge on any atom is 0.136 e. The summed E-state index contributed by atoms with van der Waals surface area (Å²) in [4.78, 5) is 2.55. The Balaban J connectivity index is 1.24. The Hall–Kier alpha value is -6.30. The van der Waals surface area contributed by atoms with Crippen molar-refractivity contribution < 1.29 is 4.42 Å². The number of hydrogen-bond acceptors (Lipinski definition) is 2. The minimum Gasteiger partial charge on any atom is -0.456 e. The number of fused-ring (bicyclic) bond motifs is 8. The Bertz CT molecular complexity index is 2740. The predicted molar refractivity (Wildman–Crippen MR) is 212 cm³/mol. The summed E-state index contributed by atoms with van der Waals surface area (Å²) in [5.74, 6) is 0. The second-order valence-electron chi connectivity index (χ2n) is 14.2. The van der Waals surface area contributed by atoms with Crippen LogP contribution in [-0.2, 0) is 5.41 Å². The van der Waals surface area contributed by atoms with E-state index in [1.807, 2.05) is 12.1 Å². The van der Waals surface area contributed by atoms with Crippen molar-refractivity contribution >= 4 is 50.5 Å². The van der Waals surface area contributed by atoms with Gasteiger partial charge < -0.3 is 9.32 Å². The number of furan rings is 1. The molecule has 3 aliphatic carbocycles. The molecule has 1 aromatic heterocycles. The lowest BCUT2D eigenvalue weighted by molar-refractivity contribution is 0.659. The van der Waals surface area contributed by atoms with Crippen LogP contribution in [0.25, 0.3) is 50.3 Å². The van der Waals surface area contributed by atoms with E-state index in [1.165, 1.54) is 44.8 Å². The number of rotatable bonds is 5. The number of nitrogens with zero attached hydrogens (tertiary/aromatic N) is 1. The first-order valence-electron chi connectivity index (χ1n) is 17.8. The van der Waals surface area contributed by atoms with Crippen molar-refractivity contribution in [1.82, 2.24) is 0 Å². The molecule has 0 bridgehead atoms. The molecule has 51 heavy (non-hydrogen) atoms. The highest BCUT2D eigenvalue weighted by Crippen LogP contribution is 2.55. The molecule has 2 heteroatoms. The minimum atomic E-state index is -0.190. The standard InChI is InChI=1S/C49H35NO/c1-49(2)41-25-9-6-20-36(41)39-24-14-27-43(48(39)49)50(35-19-12-18-34(31-35)32-15-4-3-5-16-32)42-26-10-7-21-37(42)38-23-13-17-33-29-30-45-47(46(33)38)40-22-8-11-28-44(40)51-45/h3-11,14-18,20-22,24-31H,12,19H2,1-2H3. The molecule has 10 rings (SSSR count). The average Bonchev–Trinajstić information content (AvgIpc) is 3.68. The zero-order valence-electron chi connectivity index (χ0n) is 28.7. The van der Waals surface area contributed by atoms with E-state index in [2.05, 4.69) is 170 Å². The lowest BCUT2D eigenvalue weighted by Crippen LogP contribution is -2.24. The summed E-state index contributed by atoms with van der Waals surface area (Å²) < 4.78 is 6.40. The zero-order chi connectivity index (χ0) is 34.1. The molecule has 3 aliphatic rings. The summed E-state index contributed by atoms with van der Waals surface area (Å²) in [5, 5.41) is 2.23. The van der Waals surface area contributed by atoms with Crippen molar-refractivity contribution in [3.05, 3.63) is 196 Å². The van der Waals surface area contributed by atoms with Crippen LogP contribution in [0.4, 0.5) is 11.4 Å². The first-order valence-corrected chi connectivity index (χ1v) is 17.8. The van der Waals surface area contributed by atoms with Gasteiger partial charge in [-0.25, -0.2) is 0 Å². The molecule has 7 aromatic rings. The smallest absolute Gasteiger partial charge is 0.136 e. The van der Waals surface area contributed by atoms with Gasteiger partial charge in [-0.3, -0.25) is 0 Å². The van der Waals surface area contributed by atoms with Gasteiger partial charge >= 0.3 is 0 Å². The molecular formula is C49H35NO. The number of hydrogen-bond donors (Lipinski definition) is 0. The summed E-state index contributed by atoms with van der Waals surface area (Å²) in [6.45, 7) is 4.76. The predicted octanol–water partition coefficient (Wildman–Crippen LogP) is 13.0. The maximum atomic E-state index is 6.40. The van der Waals surface area contributed by atoms with Crippen molar-refractivity contribution in [2.45, 2.75) is 32.1 Å². The summed E-state index contributed by atoms with van der Waals surface area (Å²) in [5.41, 5.74) is 24.4. The van der Waals surface area contributed by atoms with Gasteiger partial charge in [-0.15, -0.1) is 0 Å². The lowest BCUT2D eigenvalue weighted by atomic mass is 9.81. The third-order valence-electron chi connectivity index (χ3n) is 10.9. The van der Waals surface area contributed by atoms with Gasteiger partial charge in [-0.1, -0.05) is 135 Å². The van der Waals surface area contributed by atoms with Gasteiger partial charge in [0.1, 0.15) is 11.2 Å². The van der Waals surface area contributed by atoms with Crippen LogP contribution in [0.3, 0.4) is 0 Å². The molecule has 6 aromatic carbocycles. The van der Waals surface area contributed by atoms with Gasteiger partial charge in [0.15, 0.2) is 0 Å². The molecule has 0 saturated heterocycles. The number of para-hydroxylation sites is 2. The Kier molecular flexibility index (Phi) is 6.60. The van der Waals surface area contributed by atoms with E-state index in [0.29, 0.717) is 0 Å². The third kappa shape index (κ3) is 4.52. The largest absolute Gasteiger partial charge is 0.456 e. The van der Waals surface area contributed by atoms with Crippen LogP contribution in [0.5, 0.6) is 0 Å². The van der Waals surface area contributed by atoms with E-state index in [0.717, 1.165) is 62.7 Å². The lowest BCUT2D eigenvalue weighted by Gasteiger charge is -2.36. The van der Waals surface area contributed by atoms with E-state index < -0.39 is 0 Å². The molecule has 0 atom stereocenters. The second-order valence-corrected chi connectivity index (χ2v) is 14.2. The second kappa shape index (κ2) is 11.4. The minimum absolute atomic E-state index is 0.190. The van der Waals surface area contributed by atoms with Crippen LogP contribution >= 0.6 is 0 Å². The van der Waals surface area contributed by atoms with Gasteiger partial charge in [0.2, 0.25) is 0 Å². The van der Waals surface area contributed by atoms with Crippen LogP contribution < -0.4 is 4.90 Å². The molecule has 0 fully saturated rings. The average molecular weight is 654 g/mol. The van der Waals surface area contributed by atoms with Gasteiger partial charge in [0, 0.05) is 38.6 Å². The molecule has 0 N–H and O–H groups in total. The van der Waals surface area contributed by atoms with E-state index in [4.69, 9.17) is 4.42 Å². The zero-order valence-corrected chi connectivity index (χ0v) is 28.7. The van der Waals surface area contributed by atoms with Gasteiger partial charge in [0.25, 0.3) is 0 Å². The highest BCUT2D eigenvalue weighted by atomic mass is 16.3. The molecule has 0 saturated carbocycles. The molecule has 0 aliphatic heterocycles. The molecule has 0 amide bonds. The Morgan fingerprint density at radius 1 is 0.667 bits per heavy atom.